The molecule has 1 saturated carbocycles. The van der Waals surface area contributed by atoms with Gasteiger partial charge in [0, 0.05) is 11.6 Å². The van der Waals surface area contributed by atoms with Gasteiger partial charge in [-0.25, -0.2) is 8.78 Å². The first kappa shape index (κ1) is 10.1. The molecule has 14 heavy (non-hydrogen) atoms. The molecule has 1 aromatic carbocycles. The Bertz CT molecular complexity index is 363. The van der Waals surface area contributed by atoms with Gasteiger partial charge in [0.15, 0.2) is 0 Å². The molecule has 0 bridgehead atoms. The molecule has 1 aromatic rings. The van der Waals surface area contributed by atoms with Crippen molar-refractivity contribution in [3.05, 3.63) is 33.8 Å². The number of benzene rings is 1. The second-order valence-electron chi connectivity index (χ2n) is 3.62. The minimum absolute atomic E-state index is 0.0156. The predicted molar refractivity (Wildman–Crippen MR) is 53.7 cm³/mol. The van der Waals surface area contributed by atoms with Crippen molar-refractivity contribution in [2.75, 3.05) is 0 Å². The summed E-state index contributed by atoms with van der Waals surface area (Å²) in [5.41, 5.74) is 5.79. The van der Waals surface area contributed by atoms with Crippen LogP contribution >= 0.6 is 15.9 Å². The second kappa shape index (κ2) is 3.59. The molecular formula is C10H10BrF2N. The van der Waals surface area contributed by atoms with E-state index < -0.39 is 17.7 Å². The molecule has 1 nitrogen and oxygen atoms in total. The van der Waals surface area contributed by atoms with Crippen LogP contribution in [0, 0.1) is 17.6 Å². The molecule has 1 aliphatic carbocycles. The molecule has 1 fully saturated rings. The molecule has 76 valence electrons. The van der Waals surface area contributed by atoms with E-state index in [1.165, 1.54) is 12.1 Å². The lowest BCUT2D eigenvalue weighted by Crippen LogP contribution is -2.16. The zero-order valence-electron chi connectivity index (χ0n) is 7.43. The summed E-state index contributed by atoms with van der Waals surface area (Å²) >= 11 is 3.02. The van der Waals surface area contributed by atoms with Gasteiger partial charge in [-0.2, -0.15) is 0 Å². The lowest BCUT2D eigenvalue weighted by molar-refractivity contribution is 0.500. The summed E-state index contributed by atoms with van der Waals surface area (Å²) in [5.74, 6) is -0.872. The van der Waals surface area contributed by atoms with Gasteiger partial charge in [0.2, 0.25) is 0 Å². The van der Waals surface area contributed by atoms with Crippen molar-refractivity contribution in [2.24, 2.45) is 11.7 Å². The number of hydrogen-bond acceptors (Lipinski definition) is 1. The summed E-state index contributed by atoms with van der Waals surface area (Å²) in [6, 6.07) is 2.09. The Balaban J connectivity index is 2.43. The van der Waals surface area contributed by atoms with Gasteiger partial charge in [0.05, 0.1) is 4.47 Å². The van der Waals surface area contributed by atoms with Crippen LogP contribution in [0.15, 0.2) is 16.6 Å². The van der Waals surface area contributed by atoms with Crippen LogP contribution in [0.4, 0.5) is 8.78 Å². The third-order valence-corrected chi connectivity index (χ3v) is 3.16. The molecule has 1 atom stereocenters. The van der Waals surface area contributed by atoms with Crippen molar-refractivity contribution < 1.29 is 8.78 Å². The van der Waals surface area contributed by atoms with Crippen LogP contribution in [-0.4, -0.2) is 0 Å². The summed E-state index contributed by atoms with van der Waals surface area (Å²) in [4.78, 5) is 0. The van der Waals surface area contributed by atoms with Crippen molar-refractivity contribution in [1.82, 2.24) is 0 Å². The van der Waals surface area contributed by atoms with Crippen LogP contribution in [0.2, 0.25) is 0 Å². The Morgan fingerprint density at radius 3 is 2.57 bits per heavy atom. The fourth-order valence-electron chi connectivity index (χ4n) is 1.54. The summed E-state index contributed by atoms with van der Waals surface area (Å²) in [7, 11) is 0. The highest BCUT2D eigenvalue weighted by molar-refractivity contribution is 9.10. The highest BCUT2D eigenvalue weighted by Crippen LogP contribution is 2.41. The first-order chi connectivity index (χ1) is 6.61. The highest BCUT2D eigenvalue weighted by Gasteiger charge is 2.33. The maximum absolute atomic E-state index is 13.5. The third kappa shape index (κ3) is 1.68. The quantitative estimate of drug-likeness (QED) is 0.814. The molecule has 2 rings (SSSR count). The van der Waals surface area contributed by atoms with Crippen LogP contribution in [0.3, 0.4) is 0 Å². The average molecular weight is 262 g/mol. The van der Waals surface area contributed by atoms with Crippen molar-refractivity contribution >= 4 is 15.9 Å². The van der Waals surface area contributed by atoms with Gasteiger partial charge in [-0.05, 0) is 46.8 Å². The van der Waals surface area contributed by atoms with Crippen molar-refractivity contribution in [3.63, 3.8) is 0 Å². The van der Waals surface area contributed by atoms with E-state index in [-0.39, 0.29) is 16.0 Å². The molecule has 0 radical (unpaired) electrons. The normalized spacial score (nSPS) is 18.3. The van der Waals surface area contributed by atoms with Gasteiger partial charge in [-0.15, -0.1) is 0 Å². The molecule has 4 heteroatoms. The van der Waals surface area contributed by atoms with Crippen molar-refractivity contribution in [1.29, 1.82) is 0 Å². The zero-order chi connectivity index (χ0) is 10.3. The predicted octanol–water partition coefficient (Wildman–Crippen LogP) is 3.14. The highest BCUT2D eigenvalue weighted by atomic mass is 79.9. The van der Waals surface area contributed by atoms with Gasteiger partial charge in [-0.1, -0.05) is 0 Å². The Morgan fingerprint density at radius 1 is 1.36 bits per heavy atom. The standard InChI is InChI=1S/C10H10BrF2N/c11-6-3-4-7(12)8(9(6)13)10(14)5-1-2-5/h3-5,10H,1-2,14H2/t10-/m0/s1. The number of halogens is 3. The van der Waals surface area contributed by atoms with Crippen molar-refractivity contribution in [3.8, 4) is 0 Å². The van der Waals surface area contributed by atoms with E-state index >= 15 is 0 Å². The van der Waals surface area contributed by atoms with Gasteiger partial charge < -0.3 is 5.73 Å². The molecule has 0 saturated heterocycles. The van der Waals surface area contributed by atoms with Crippen LogP contribution < -0.4 is 5.73 Å². The van der Waals surface area contributed by atoms with Crippen LogP contribution in [0.25, 0.3) is 0 Å². The van der Waals surface area contributed by atoms with E-state index in [1.54, 1.807) is 0 Å². The van der Waals surface area contributed by atoms with E-state index in [0.29, 0.717) is 0 Å². The SMILES string of the molecule is N[C@H](c1c(F)ccc(Br)c1F)C1CC1. The minimum atomic E-state index is -0.565. The Morgan fingerprint density at radius 2 is 2.00 bits per heavy atom. The summed E-state index contributed by atoms with van der Waals surface area (Å²) in [6.45, 7) is 0. The summed E-state index contributed by atoms with van der Waals surface area (Å²) < 4.78 is 27.1. The average Bonchev–Trinajstić information content (AvgIpc) is 2.95. The zero-order valence-corrected chi connectivity index (χ0v) is 9.02. The van der Waals surface area contributed by atoms with Gasteiger partial charge in [0.1, 0.15) is 11.6 Å². The number of nitrogens with two attached hydrogens (primary N) is 1. The molecule has 0 spiro atoms. The molecule has 0 amide bonds. The fraction of sp³-hybridized carbons (Fsp3) is 0.400. The topological polar surface area (TPSA) is 26.0 Å². The Hall–Kier alpha value is -0.480. The minimum Gasteiger partial charge on any atom is -0.324 e. The molecule has 0 unspecified atom stereocenters. The first-order valence-electron chi connectivity index (χ1n) is 4.50. The van der Waals surface area contributed by atoms with E-state index in [9.17, 15) is 8.78 Å². The Labute approximate surface area is 89.4 Å². The molecule has 0 aliphatic heterocycles. The van der Waals surface area contributed by atoms with Gasteiger partial charge in [0.25, 0.3) is 0 Å². The van der Waals surface area contributed by atoms with E-state index in [1.807, 2.05) is 0 Å². The third-order valence-electron chi connectivity index (χ3n) is 2.54. The van der Waals surface area contributed by atoms with E-state index in [0.717, 1.165) is 12.8 Å². The van der Waals surface area contributed by atoms with Crippen LogP contribution in [-0.2, 0) is 0 Å². The van der Waals surface area contributed by atoms with E-state index in [2.05, 4.69) is 15.9 Å². The second-order valence-corrected chi connectivity index (χ2v) is 4.47. The molecule has 0 aromatic heterocycles. The maximum atomic E-state index is 13.5. The largest absolute Gasteiger partial charge is 0.324 e. The van der Waals surface area contributed by atoms with Crippen molar-refractivity contribution in [2.45, 2.75) is 18.9 Å². The molecule has 2 N–H and O–H groups in total. The number of rotatable bonds is 2. The van der Waals surface area contributed by atoms with Gasteiger partial charge >= 0.3 is 0 Å². The lowest BCUT2D eigenvalue weighted by atomic mass is 10.0. The van der Waals surface area contributed by atoms with Crippen LogP contribution in [0.1, 0.15) is 24.4 Å². The first-order valence-corrected chi connectivity index (χ1v) is 5.29. The fourth-order valence-corrected chi connectivity index (χ4v) is 1.89. The van der Waals surface area contributed by atoms with Crippen LogP contribution in [0.5, 0.6) is 0 Å². The summed E-state index contributed by atoms with van der Waals surface area (Å²) in [6.07, 6.45) is 1.93. The maximum Gasteiger partial charge on any atom is 0.145 e. The van der Waals surface area contributed by atoms with Gasteiger partial charge in [-0.3, -0.25) is 0 Å². The lowest BCUT2D eigenvalue weighted by Gasteiger charge is -2.13. The smallest absolute Gasteiger partial charge is 0.145 e. The van der Waals surface area contributed by atoms with E-state index in [4.69, 9.17) is 5.73 Å². The monoisotopic (exact) mass is 261 g/mol. The molecule has 1 aliphatic rings. The Kier molecular flexibility index (Phi) is 2.58. The molecule has 0 heterocycles. The number of hydrogen-bond donors (Lipinski definition) is 1. The summed E-state index contributed by atoms with van der Waals surface area (Å²) in [5, 5.41) is 0. The molecular weight excluding hydrogens is 252 g/mol.